The average Bonchev–Trinajstić information content (AvgIpc) is 3.14. The largest absolute Gasteiger partial charge is 0.440 e. The molecular weight excluding hydrogens is 314 g/mol. The van der Waals surface area contributed by atoms with Crippen molar-refractivity contribution in [1.29, 1.82) is 0 Å². The van der Waals surface area contributed by atoms with Gasteiger partial charge in [0, 0.05) is 24.1 Å². The molecule has 2 saturated carbocycles. The first-order valence-corrected chi connectivity index (χ1v) is 8.15. The molecule has 124 valence electrons. The van der Waals surface area contributed by atoms with Crippen molar-refractivity contribution in [3.8, 4) is 0 Å². The third-order valence-corrected chi connectivity index (χ3v) is 4.78. The van der Waals surface area contributed by atoms with Crippen molar-refractivity contribution < 1.29 is 9.21 Å². The molecule has 2 atom stereocenters. The summed E-state index contributed by atoms with van der Waals surface area (Å²) in [6.07, 6.45) is 6.06. The number of carbonyl (C=O) groups excluding carboxylic acids is 1. The highest BCUT2D eigenvalue weighted by atomic mass is 35.5. The van der Waals surface area contributed by atoms with Crippen molar-refractivity contribution in [3.63, 3.8) is 0 Å². The second-order valence-electron chi connectivity index (χ2n) is 6.62. The minimum absolute atomic E-state index is 0. The zero-order chi connectivity index (χ0) is 15.1. The van der Waals surface area contributed by atoms with Gasteiger partial charge in [0.1, 0.15) is 5.52 Å². The van der Waals surface area contributed by atoms with E-state index in [9.17, 15) is 4.79 Å². The number of halogens is 1. The number of nitrogens with two attached hydrogens (primary N) is 1. The lowest BCUT2D eigenvalue weighted by Gasteiger charge is -2.14. The van der Waals surface area contributed by atoms with E-state index >= 15 is 0 Å². The fourth-order valence-electron chi connectivity index (χ4n) is 3.30. The molecule has 4 rings (SSSR count). The highest BCUT2D eigenvalue weighted by Crippen LogP contribution is 2.40. The molecular formula is C17H22ClN3O2. The molecule has 0 aliphatic heterocycles. The molecule has 0 radical (unpaired) electrons. The number of carbonyl (C=O) groups is 1. The Labute approximate surface area is 141 Å². The van der Waals surface area contributed by atoms with Crippen molar-refractivity contribution in [2.24, 2.45) is 11.7 Å². The number of benzene rings is 1. The first-order chi connectivity index (χ1) is 10.7. The number of aromatic nitrogens is 1. The summed E-state index contributed by atoms with van der Waals surface area (Å²) >= 11 is 0. The van der Waals surface area contributed by atoms with Gasteiger partial charge in [-0.05, 0) is 49.8 Å². The third-order valence-electron chi connectivity index (χ3n) is 4.78. The van der Waals surface area contributed by atoms with Crippen LogP contribution in [0.15, 0.2) is 22.6 Å². The zero-order valence-corrected chi connectivity index (χ0v) is 13.8. The molecule has 2 fully saturated rings. The molecule has 0 unspecified atom stereocenters. The Hall–Kier alpha value is -1.59. The van der Waals surface area contributed by atoms with Gasteiger partial charge in [0.2, 0.25) is 5.91 Å². The molecule has 1 aromatic heterocycles. The van der Waals surface area contributed by atoms with E-state index in [0.29, 0.717) is 18.3 Å². The van der Waals surface area contributed by atoms with Crippen LogP contribution in [-0.2, 0) is 4.79 Å². The predicted molar refractivity (Wildman–Crippen MR) is 91.8 cm³/mol. The number of rotatable bonds is 4. The minimum Gasteiger partial charge on any atom is -0.440 e. The number of anilines is 1. The fraction of sp³-hybridized carbons (Fsp3) is 0.529. The van der Waals surface area contributed by atoms with Crippen molar-refractivity contribution in [1.82, 2.24) is 4.98 Å². The van der Waals surface area contributed by atoms with E-state index in [0.717, 1.165) is 54.8 Å². The van der Waals surface area contributed by atoms with E-state index in [1.807, 2.05) is 18.2 Å². The van der Waals surface area contributed by atoms with E-state index < -0.39 is 0 Å². The standard InChI is InChI=1S/C17H21N3O2.ClH/c18-13-3-1-2-11(13)8-16(21)19-12-6-7-15-14(9-12)20-17(22-15)10-4-5-10;/h6-7,9-11,13H,1-5,8,18H2,(H,19,21);1H/t11-,13+;/m0./s1. The van der Waals surface area contributed by atoms with Crippen LogP contribution in [0.3, 0.4) is 0 Å². The predicted octanol–water partition coefficient (Wildman–Crippen LogP) is 3.58. The van der Waals surface area contributed by atoms with Crippen molar-refractivity contribution in [2.45, 2.75) is 50.5 Å². The van der Waals surface area contributed by atoms with E-state index in [1.165, 1.54) is 0 Å². The van der Waals surface area contributed by atoms with E-state index in [4.69, 9.17) is 10.2 Å². The molecule has 23 heavy (non-hydrogen) atoms. The number of amides is 1. The van der Waals surface area contributed by atoms with Crippen LogP contribution < -0.4 is 11.1 Å². The summed E-state index contributed by atoms with van der Waals surface area (Å²) in [6, 6.07) is 5.81. The lowest BCUT2D eigenvalue weighted by atomic mass is 10.00. The molecule has 0 bridgehead atoms. The first kappa shape index (κ1) is 16.3. The summed E-state index contributed by atoms with van der Waals surface area (Å²) < 4.78 is 5.73. The summed E-state index contributed by atoms with van der Waals surface area (Å²) in [4.78, 5) is 16.7. The van der Waals surface area contributed by atoms with Gasteiger partial charge in [-0.15, -0.1) is 12.4 Å². The van der Waals surface area contributed by atoms with Gasteiger partial charge >= 0.3 is 0 Å². The molecule has 0 spiro atoms. The van der Waals surface area contributed by atoms with E-state index in [1.54, 1.807) is 0 Å². The maximum Gasteiger partial charge on any atom is 0.224 e. The van der Waals surface area contributed by atoms with E-state index in [2.05, 4.69) is 10.3 Å². The van der Waals surface area contributed by atoms with Gasteiger partial charge in [0.15, 0.2) is 11.5 Å². The van der Waals surface area contributed by atoms with Crippen LogP contribution in [0.1, 0.15) is 50.3 Å². The lowest BCUT2D eigenvalue weighted by molar-refractivity contribution is -0.117. The van der Waals surface area contributed by atoms with Crippen LogP contribution in [0.4, 0.5) is 5.69 Å². The molecule has 1 heterocycles. The van der Waals surface area contributed by atoms with Crippen LogP contribution in [-0.4, -0.2) is 16.9 Å². The Morgan fingerprint density at radius 2 is 2.13 bits per heavy atom. The topological polar surface area (TPSA) is 81.2 Å². The molecule has 3 N–H and O–H groups in total. The van der Waals surface area contributed by atoms with Crippen molar-refractivity contribution in [2.75, 3.05) is 5.32 Å². The van der Waals surface area contributed by atoms with Crippen LogP contribution in [0, 0.1) is 5.92 Å². The molecule has 2 aliphatic rings. The van der Waals surface area contributed by atoms with Gasteiger partial charge in [-0.2, -0.15) is 0 Å². The Morgan fingerprint density at radius 1 is 1.30 bits per heavy atom. The average molecular weight is 336 g/mol. The number of fused-ring (bicyclic) bond motifs is 1. The van der Waals surface area contributed by atoms with Crippen LogP contribution >= 0.6 is 12.4 Å². The van der Waals surface area contributed by atoms with Gasteiger partial charge in [-0.3, -0.25) is 4.79 Å². The van der Waals surface area contributed by atoms with Gasteiger partial charge in [-0.25, -0.2) is 4.98 Å². The Morgan fingerprint density at radius 3 is 2.83 bits per heavy atom. The quantitative estimate of drug-likeness (QED) is 0.894. The third kappa shape index (κ3) is 3.51. The highest BCUT2D eigenvalue weighted by molar-refractivity contribution is 5.93. The number of nitrogens with zero attached hydrogens (tertiary/aromatic N) is 1. The van der Waals surface area contributed by atoms with Gasteiger partial charge < -0.3 is 15.5 Å². The molecule has 2 aromatic rings. The first-order valence-electron chi connectivity index (χ1n) is 8.15. The Balaban J connectivity index is 0.00000156. The Kier molecular flexibility index (Phi) is 4.60. The number of oxazole rings is 1. The normalized spacial score (nSPS) is 23.7. The second kappa shape index (κ2) is 6.49. The van der Waals surface area contributed by atoms with E-state index in [-0.39, 0.29) is 24.4 Å². The summed E-state index contributed by atoms with van der Waals surface area (Å²) in [5.74, 6) is 1.68. The summed E-state index contributed by atoms with van der Waals surface area (Å²) in [7, 11) is 0. The molecule has 0 saturated heterocycles. The lowest BCUT2D eigenvalue weighted by Crippen LogP contribution is -2.28. The van der Waals surface area contributed by atoms with Crippen molar-refractivity contribution >= 4 is 35.1 Å². The van der Waals surface area contributed by atoms with Crippen LogP contribution in [0.25, 0.3) is 11.1 Å². The van der Waals surface area contributed by atoms with Crippen LogP contribution in [0.2, 0.25) is 0 Å². The molecule has 1 amide bonds. The molecule has 6 heteroatoms. The summed E-state index contributed by atoms with van der Waals surface area (Å²) in [6.45, 7) is 0. The smallest absolute Gasteiger partial charge is 0.224 e. The Bertz CT molecular complexity index is 711. The number of hydrogen-bond acceptors (Lipinski definition) is 4. The van der Waals surface area contributed by atoms with Gasteiger partial charge in [-0.1, -0.05) is 6.42 Å². The summed E-state index contributed by atoms with van der Waals surface area (Å²) in [5.41, 5.74) is 8.41. The highest BCUT2D eigenvalue weighted by Gasteiger charge is 2.29. The molecule has 2 aliphatic carbocycles. The fourth-order valence-corrected chi connectivity index (χ4v) is 3.30. The summed E-state index contributed by atoms with van der Waals surface area (Å²) in [5, 5.41) is 2.96. The number of nitrogens with one attached hydrogen (secondary N) is 1. The van der Waals surface area contributed by atoms with Gasteiger partial charge in [0.05, 0.1) is 0 Å². The molecule has 1 aromatic carbocycles. The maximum absolute atomic E-state index is 12.2. The maximum atomic E-state index is 12.2. The minimum atomic E-state index is 0. The second-order valence-corrected chi connectivity index (χ2v) is 6.62. The monoisotopic (exact) mass is 335 g/mol. The molecule has 5 nitrogen and oxygen atoms in total. The van der Waals surface area contributed by atoms with Crippen LogP contribution in [0.5, 0.6) is 0 Å². The zero-order valence-electron chi connectivity index (χ0n) is 13.0. The number of hydrogen-bond donors (Lipinski definition) is 2. The van der Waals surface area contributed by atoms with Crippen molar-refractivity contribution in [3.05, 3.63) is 24.1 Å². The SMILES string of the molecule is Cl.N[C@@H]1CCC[C@H]1CC(=O)Nc1ccc2oc(C3CC3)nc2c1. The van der Waals surface area contributed by atoms with Gasteiger partial charge in [0.25, 0.3) is 0 Å².